The molecule has 0 bridgehead atoms. The van der Waals surface area contributed by atoms with Crippen LogP contribution in [0.3, 0.4) is 0 Å². The number of hydrogen-bond donors (Lipinski definition) is 1. The summed E-state index contributed by atoms with van der Waals surface area (Å²) in [6.45, 7) is 0. The number of anilines is 1. The molecule has 2 aromatic carbocycles. The Balaban J connectivity index is 2.18. The summed E-state index contributed by atoms with van der Waals surface area (Å²) in [6, 6.07) is 11.3. The molecular weight excluding hydrogens is 313 g/mol. The fourth-order valence-corrected chi connectivity index (χ4v) is 3.61. The van der Waals surface area contributed by atoms with Gasteiger partial charge in [-0.25, -0.2) is 0 Å². The summed E-state index contributed by atoms with van der Waals surface area (Å²) in [4.78, 5) is 12.0. The van der Waals surface area contributed by atoms with Crippen molar-refractivity contribution in [3.05, 3.63) is 52.0 Å². The molecule has 5 heteroatoms. The van der Waals surface area contributed by atoms with Gasteiger partial charge in [-0.2, -0.15) is 0 Å². The molecule has 0 aliphatic carbocycles. The lowest BCUT2D eigenvalue weighted by molar-refractivity contribution is -0.115. The van der Waals surface area contributed by atoms with E-state index >= 15 is 0 Å². The highest BCUT2D eigenvalue weighted by atomic mass is 35.5. The minimum absolute atomic E-state index is 0.0178. The zero-order chi connectivity index (χ0) is 14.3. The molecule has 0 aromatic heterocycles. The molecule has 3 rings (SSSR count). The van der Waals surface area contributed by atoms with Crippen LogP contribution in [0.2, 0.25) is 10.0 Å². The Morgan fingerprint density at radius 2 is 1.80 bits per heavy atom. The fourth-order valence-electron chi connectivity index (χ4n) is 2.40. The van der Waals surface area contributed by atoms with Crippen molar-refractivity contribution in [2.24, 2.45) is 0 Å². The van der Waals surface area contributed by atoms with Crippen LogP contribution in [0.15, 0.2) is 36.4 Å². The van der Waals surface area contributed by atoms with E-state index < -0.39 is 0 Å². The van der Waals surface area contributed by atoms with Gasteiger partial charge in [-0.15, -0.1) is 11.8 Å². The van der Waals surface area contributed by atoms with E-state index in [0.717, 1.165) is 22.4 Å². The number of hydrogen-bond acceptors (Lipinski definition) is 2. The van der Waals surface area contributed by atoms with Crippen molar-refractivity contribution in [1.29, 1.82) is 0 Å². The first kappa shape index (κ1) is 13.8. The van der Waals surface area contributed by atoms with E-state index in [-0.39, 0.29) is 11.2 Å². The van der Waals surface area contributed by atoms with Crippen LogP contribution < -0.4 is 5.32 Å². The minimum Gasteiger partial charge on any atom is -0.324 e. The van der Waals surface area contributed by atoms with E-state index in [9.17, 15) is 4.79 Å². The van der Waals surface area contributed by atoms with Gasteiger partial charge in [-0.1, -0.05) is 41.4 Å². The van der Waals surface area contributed by atoms with Gasteiger partial charge in [-0.05, 0) is 30.0 Å². The molecule has 0 fully saturated rings. The third-order valence-corrected chi connectivity index (χ3v) is 4.83. The molecule has 0 saturated carbocycles. The van der Waals surface area contributed by atoms with Crippen molar-refractivity contribution in [3.63, 3.8) is 0 Å². The van der Waals surface area contributed by atoms with Gasteiger partial charge >= 0.3 is 0 Å². The molecule has 1 unspecified atom stereocenters. The predicted molar refractivity (Wildman–Crippen MR) is 86.8 cm³/mol. The van der Waals surface area contributed by atoms with Gasteiger partial charge in [0.2, 0.25) is 5.91 Å². The smallest absolute Gasteiger partial charge is 0.242 e. The molecule has 1 aliphatic rings. The summed E-state index contributed by atoms with van der Waals surface area (Å²) < 4.78 is 0. The molecule has 1 heterocycles. The SMILES string of the molecule is CSC1C(=O)Nc2c(-c3ccc(Cl)cc3)ccc(Cl)c21. The van der Waals surface area contributed by atoms with E-state index in [0.29, 0.717) is 10.0 Å². The number of fused-ring (bicyclic) bond motifs is 1. The van der Waals surface area contributed by atoms with E-state index in [1.165, 1.54) is 11.8 Å². The maximum atomic E-state index is 12.0. The van der Waals surface area contributed by atoms with E-state index in [4.69, 9.17) is 23.2 Å². The topological polar surface area (TPSA) is 29.1 Å². The van der Waals surface area contributed by atoms with Crippen LogP contribution in [0.1, 0.15) is 10.8 Å². The first-order valence-electron chi connectivity index (χ1n) is 6.04. The fraction of sp³-hybridized carbons (Fsp3) is 0.133. The summed E-state index contributed by atoms with van der Waals surface area (Å²) in [5.74, 6) is -0.0178. The Morgan fingerprint density at radius 1 is 1.10 bits per heavy atom. The zero-order valence-corrected chi connectivity index (χ0v) is 12.9. The van der Waals surface area contributed by atoms with Crippen LogP contribution in [0, 0.1) is 0 Å². The molecule has 0 saturated heterocycles. The third-order valence-electron chi connectivity index (χ3n) is 3.33. The van der Waals surface area contributed by atoms with Gasteiger partial charge in [0.25, 0.3) is 0 Å². The van der Waals surface area contributed by atoms with Crippen molar-refractivity contribution < 1.29 is 4.79 Å². The Morgan fingerprint density at radius 3 is 2.45 bits per heavy atom. The third kappa shape index (κ3) is 2.20. The normalized spacial score (nSPS) is 16.9. The van der Waals surface area contributed by atoms with E-state index in [1.54, 1.807) is 0 Å². The molecule has 2 aromatic rings. The van der Waals surface area contributed by atoms with Gasteiger partial charge in [0.15, 0.2) is 0 Å². The number of carbonyl (C=O) groups is 1. The van der Waals surface area contributed by atoms with Gasteiger partial charge in [0, 0.05) is 21.2 Å². The lowest BCUT2D eigenvalue weighted by Crippen LogP contribution is -2.08. The highest BCUT2D eigenvalue weighted by molar-refractivity contribution is 7.99. The second kappa shape index (κ2) is 5.32. The average Bonchev–Trinajstić information content (AvgIpc) is 2.78. The second-order valence-electron chi connectivity index (χ2n) is 4.50. The van der Waals surface area contributed by atoms with E-state index in [1.807, 2.05) is 42.7 Å². The lowest BCUT2D eigenvalue weighted by atomic mass is 10.0. The second-order valence-corrected chi connectivity index (χ2v) is 6.28. The number of thioether (sulfide) groups is 1. The monoisotopic (exact) mass is 323 g/mol. The number of nitrogens with one attached hydrogen (secondary N) is 1. The molecule has 20 heavy (non-hydrogen) atoms. The Bertz CT molecular complexity index is 685. The molecular formula is C15H11Cl2NOS. The first-order chi connectivity index (χ1) is 9.61. The van der Waals surface area contributed by atoms with Crippen LogP contribution in [0.25, 0.3) is 11.1 Å². The highest BCUT2D eigenvalue weighted by Gasteiger charge is 2.33. The summed E-state index contributed by atoms with van der Waals surface area (Å²) in [6.07, 6.45) is 1.91. The largest absolute Gasteiger partial charge is 0.324 e. The average molecular weight is 324 g/mol. The number of amides is 1. The summed E-state index contributed by atoms with van der Waals surface area (Å²) >= 11 is 13.7. The van der Waals surface area contributed by atoms with Crippen LogP contribution in [0.5, 0.6) is 0 Å². The van der Waals surface area contributed by atoms with Crippen molar-refractivity contribution in [2.45, 2.75) is 5.25 Å². The van der Waals surface area contributed by atoms with Gasteiger partial charge in [-0.3, -0.25) is 4.79 Å². The van der Waals surface area contributed by atoms with Crippen LogP contribution in [0.4, 0.5) is 5.69 Å². The Kier molecular flexibility index (Phi) is 3.67. The standard InChI is InChI=1S/C15H11Cl2NOS/c1-20-14-12-11(17)7-6-10(13(12)18-15(14)19)8-2-4-9(16)5-3-8/h2-7,14H,1H3,(H,18,19). The van der Waals surface area contributed by atoms with Crippen molar-refractivity contribution in [1.82, 2.24) is 0 Å². The molecule has 1 aliphatic heterocycles. The van der Waals surface area contributed by atoms with Gasteiger partial charge in [0.05, 0.1) is 5.69 Å². The summed E-state index contributed by atoms with van der Waals surface area (Å²) in [7, 11) is 0. The molecule has 0 spiro atoms. The molecule has 1 atom stereocenters. The van der Waals surface area contributed by atoms with E-state index in [2.05, 4.69) is 5.32 Å². The van der Waals surface area contributed by atoms with Crippen LogP contribution in [-0.4, -0.2) is 12.2 Å². The highest BCUT2D eigenvalue weighted by Crippen LogP contribution is 2.47. The van der Waals surface area contributed by atoms with Gasteiger partial charge in [0.1, 0.15) is 5.25 Å². The van der Waals surface area contributed by atoms with Crippen LogP contribution in [-0.2, 0) is 4.79 Å². The number of halogens is 2. The van der Waals surface area contributed by atoms with Crippen LogP contribution >= 0.6 is 35.0 Å². The summed E-state index contributed by atoms with van der Waals surface area (Å²) in [5.41, 5.74) is 3.65. The van der Waals surface area contributed by atoms with Crippen molar-refractivity contribution >= 4 is 46.6 Å². The molecule has 1 N–H and O–H groups in total. The number of carbonyl (C=O) groups excluding carboxylic acids is 1. The minimum atomic E-state index is -0.246. The lowest BCUT2D eigenvalue weighted by Gasteiger charge is -2.11. The Labute approximate surface area is 131 Å². The molecule has 1 amide bonds. The van der Waals surface area contributed by atoms with Crippen molar-refractivity contribution in [3.8, 4) is 11.1 Å². The molecule has 0 radical (unpaired) electrons. The summed E-state index contributed by atoms with van der Waals surface area (Å²) in [5, 5.41) is 4.00. The molecule has 2 nitrogen and oxygen atoms in total. The predicted octanol–water partition coefficient (Wildman–Crippen LogP) is 5.02. The zero-order valence-electron chi connectivity index (χ0n) is 10.6. The maximum Gasteiger partial charge on any atom is 0.242 e. The Hall–Kier alpha value is -1.16. The van der Waals surface area contributed by atoms with Crippen molar-refractivity contribution in [2.75, 3.05) is 11.6 Å². The maximum absolute atomic E-state index is 12.0. The molecule has 102 valence electrons. The number of benzene rings is 2. The number of rotatable bonds is 2. The quantitative estimate of drug-likeness (QED) is 0.841. The first-order valence-corrected chi connectivity index (χ1v) is 8.08. The van der Waals surface area contributed by atoms with Gasteiger partial charge < -0.3 is 5.32 Å².